The highest BCUT2D eigenvalue weighted by Crippen LogP contribution is 2.24. The van der Waals surface area contributed by atoms with Crippen LogP contribution in [0.15, 0.2) is 18.2 Å². The summed E-state index contributed by atoms with van der Waals surface area (Å²) >= 11 is 0. The number of halogens is 3. The molecule has 0 spiro atoms. The minimum absolute atomic E-state index is 0.140. The molecule has 1 aromatic heterocycles. The topological polar surface area (TPSA) is 12.9 Å². The molecular weight excluding hydrogens is 239 g/mol. The molecule has 1 aromatic rings. The van der Waals surface area contributed by atoms with Crippen molar-refractivity contribution in [3.05, 3.63) is 29.6 Å². The highest BCUT2D eigenvalue weighted by atomic mass is 19.4. The van der Waals surface area contributed by atoms with E-state index in [-0.39, 0.29) is 10.8 Å². The Hall–Kier alpha value is -1.06. The Morgan fingerprint density at radius 2 is 1.11 bits per heavy atom. The highest BCUT2D eigenvalue weighted by molar-refractivity contribution is 5.21. The fourth-order valence-electron chi connectivity index (χ4n) is 1.27. The second-order valence-corrected chi connectivity index (χ2v) is 6.16. The van der Waals surface area contributed by atoms with E-state index >= 15 is 0 Å². The minimum atomic E-state index is -3.67. The van der Waals surface area contributed by atoms with E-state index < -0.39 is 6.68 Å². The van der Waals surface area contributed by atoms with Gasteiger partial charge in [0.25, 0.3) is 0 Å². The molecule has 104 valence electrons. The van der Waals surface area contributed by atoms with E-state index in [4.69, 9.17) is 4.98 Å². The number of pyridine rings is 1. The van der Waals surface area contributed by atoms with Gasteiger partial charge in [0.2, 0.25) is 0 Å². The second-order valence-electron chi connectivity index (χ2n) is 6.16. The molecule has 1 heterocycles. The smallest absolute Gasteiger partial charge is 0.257 e. The molecule has 0 radical (unpaired) electrons. The lowest BCUT2D eigenvalue weighted by atomic mass is 9.88. The molecule has 0 aliphatic rings. The van der Waals surface area contributed by atoms with Crippen LogP contribution in [0.2, 0.25) is 0 Å². The number of nitrogens with zero attached hydrogens (tertiary/aromatic N) is 1. The van der Waals surface area contributed by atoms with Crippen molar-refractivity contribution >= 4 is 0 Å². The maximum atomic E-state index is 9.67. The van der Waals surface area contributed by atoms with Gasteiger partial charge >= 0.3 is 6.68 Å². The standard InChI is InChI=1S/C13H21N.CHF3/c1-12(2,3)10-8-7-9-11(14-10)13(4,5)6;2-1(3)4/h7-9H,1-6H3;1H. The molecule has 18 heavy (non-hydrogen) atoms. The van der Waals surface area contributed by atoms with Crippen molar-refractivity contribution in [2.75, 3.05) is 0 Å². The van der Waals surface area contributed by atoms with Crippen LogP contribution in [-0.2, 0) is 10.8 Å². The highest BCUT2D eigenvalue weighted by Gasteiger charge is 2.20. The summed E-state index contributed by atoms with van der Waals surface area (Å²) in [6.07, 6.45) is 0. The predicted octanol–water partition coefficient (Wildman–Crippen LogP) is 4.86. The van der Waals surface area contributed by atoms with E-state index in [0.29, 0.717) is 0 Å². The summed E-state index contributed by atoms with van der Waals surface area (Å²) in [5, 5.41) is 0. The maximum Gasteiger partial charge on any atom is 0.379 e. The van der Waals surface area contributed by atoms with Crippen LogP contribution < -0.4 is 0 Å². The third-order valence-corrected chi connectivity index (χ3v) is 2.29. The first kappa shape index (κ1) is 16.9. The summed E-state index contributed by atoms with van der Waals surface area (Å²) < 4.78 is 29.0. The van der Waals surface area contributed by atoms with Gasteiger partial charge in [-0.2, -0.15) is 13.2 Å². The van der Waals surface area contributed by atoms with Crippen molar-refractivity contribution in [3.63, 3.8) is 0 Å². The van der Waals surface area contributed by atoms with Crippen molar-refractivity contribution in [2.45, 2.75) is 59.1 Å². The summed E-state index contributed by atoms with van der Waals surface area (Å²) in [5.41, 5.74) is 2.62. The molecular formula is C14H22F3N. The van der Waals surface area contributed by atoms with Crippen molar-refractivity contribution in [1.29, 1.82) is 0 Å². The number of alkyl halides is 3. The molecule has 0 atom stereocenters. The zero-order valence-electron chi connectivity index (χ0n) is 11.9. The van der Waals surface area contributed by atoms with E-state index in [1.807, 2.05) is 0 Å². The molecule has 0 saturated carbocycles. The zero-order chi connectivity index (χ0) is 14.6. The molecule has 0 aromatic carbocycles. The molecule has 0 saturated heterocycles. The average Bonchev–Trinajstić information content (AvgIpc) is 2.14. The lowest BCUT2D eigenvalue weighted by Gasteiger charge is -2.23. The van der Waals surface area contributed by atoms with E-state index in [1.54, 1.807) is 0 Å². The largest absolute Gasteiger partial charge is 0.379 e. The van der Waals surface area contributed by atoms with Gasteiger partial charge in [-0.05, 0) is 12.1 Å². The van der Waals surface area contributed by atoms with Gasteiger partial charge < -0.3 is 0 Å². The van der Waals surface area contributed by atoms with Gasteiger partial charge in [-0.1, -0.05) is 47.6 Å². The van der Waals surface area contributed by atoms with Crippen LogP contribution in [0.5, 0.6) is 0 Å². The molecule has 0 aliphatic carbocycles. The van der Waals surface area contributed by atoms with E-state index in [9.17, 15) is 13.2 Å². The Labute approximate surface area is 107 Å². The van der Waals surface area contributed by atoms with Gasteiger partial charge in [-0.15, -0.1) is 0 Å². The molecule has 0 bridgehead atoms. The molecule has 0 fully saturated rings. The van der Waals surface area contributed by atoms with Crippen molar-refractivity contribution in [2.24, 2.45) is 0 Å². The first-order valence-corrected chi connectivity index (χ1v) is 5.85. The maximum absolute atomic E-state index is 9.67. The van der Waals surface area contributed by atoms with Gasteiger partial charge in [0.1, 0.15) is 0 Å². The first-order valence-electron chi connectivity index (χ1n) is 5.85. The van der Waals surface area contributed by atoms with Gasteiger partial charge in [-0.25, -0.2) is 0 Å². The van der Waals surface area contributed by atoms with Crippen LogP contribution in [0.3, 0.4) is 0 Å². The number of aromatic nitrogens is 1. The molecule has 1 rings (SSSR count). The Morgan fingerprint density at radius 3 is 1.33 bits per heavy atom. The summed E-state index contributed by atoms with van der Waals surface area (Å²) in [7, 11) is 0. The minimum Gasteiger partial charge on any atom is -0.257 e. The molecule has 0 amide bonds. The Balaban J connectivity index is 0.000000631. The van der Waals surface area contributed by atoms with Gasteiger partial charge in [0.15, 0.2) is 0 Å². The summed E-state index contributed by atoms with van der Waals surface area (Å²) in [5.74, 6) is 0. The van der Waals surface area contributed by atoms with Crippen molar-refractivity contribution in [3.8, 4) is 0 Å². The van der Waals surface area contributed by atoms with Crippen LogP contribution in [0, 0.1) is 0 Å². The van der Waals surface area contributed by atoms with Crippen LogP contribution in [0.1, 0.15) is 52.9 Å². The molecule has 0 N–H and O–H groups in total. The Bertz CT molecular complexity index is 330. The molecule has 0 aliphatic heterocycles. The molecule has 4 heteroatoms. The first-order chi connectivity index (χ1) is 7.94. The van der Waals surface area contributed by atoms with Gasteiger partial charge in [-0.3, -0.25) is 4.98 Å². The van der Waals surface area contributed by atoms with Crippen molar-refractivity contribution < 1.29 is 13.2 Å². The van der Waals surface area contributed by atoms with Gasteiger partial charge in [0.05, 0.1) is 0 Å². The quantitative estimate of drug-likeness (QED) is 0.650. The number of hydrogen-bond donors (Lipinski definition) is 0. The van der Waals surface area contributed by atoms with Crippen LogP contribution in [-0.4, -0.2) is 11.7 Å². The third-order valence-electron chi connectivity index (χ3n) is 2.29. The van der Waals surface area contributed by atoms with E-state index in [1.165, 1.54) is 11.4 Å². The van der Waals surface area contributed by atoms with Crippen molar-refractivity contribution in [1.82, 2.24) is 4.98 Å². The van der Waals surface area contributed by atoms with Crippen LogP contribution in [0.25, 0.3) is 0 Å². The zero-order valence-corrected chi connectivity index (χ0v) is 11.9. The SMILES string of the molecule is CC(C)(C)c1cccc(C(C)(C)C)n1.FC(F)F. The summed E-state index contributed by atoms with van der Waals surface area (Å²) in [6.45, 7) is 9.51. The normalized spacial score (nSPS) is 12.1. The lowest BCUT2D eigenvalue weighted by Crippen LogP contribution is -2.19. The fraction of sp³-hybridized carbons (Fsp3) is 0.643. The number of hydrogen-bond acceptors (Lipinski definition) is 1. The molecule has 0 unspecified atom stereocenters. The fourth-order valence-corrected chi connectivity index (χ4v) is 1.27. The van der Waals surface area contributed by atoms with E-state index in [0.717, 1.165) is 0 Å². The molecule has 1 nitrogen and oxygen atoms in total. The Morgan fingerprint density at radius 1 is 0.833 bits per heavy atom. The average molecular weight is 261 g/mol. The van der Waals surface area contributed by atoms with Crippen LogP contribution in [0.4, 0.5) is 13.2 Å². The monoisotopic (exact) mass is 261 g/mol. The summed E-state index contributed by atoms with van der Waals surface area (Å²) in [4.78, 5) is 4.72. The predicted molar refractivity (Wildman–Crippen MR) is 68.7 cm³/mol. The summed E-state index contributed by atoms with van der Waals surface area (Å²) in [6, 6.07) is 6.32. The van der Waals surface area contributed by atoms with Gasteiger partial charge in [0, 0.05) is 22.2 Å². The van der Waals surface area contributed by atoms with Crippen LogP contribution >= 0.6 is 0 Å². The Kier molecular flexibility index (Phi) is 5.84. The third kappa shape index (κ3) is 6.62. The second kappa shape index (κ2) is 6.21. The van der Waals surface area contributed by atoms with E-state index in [2.05, 4.69) is 59.7 Å². The number of rotatable bonds is 0. The lowest BCUT2D eigenvalue weighted by molar-refractivity contribution is 0.00819.